The van der Waals surface area contributed by atoms with Crippen LogP contribution in [-0.4, -0.2) is 9.97 Å². The lowest BCUT2D eigenvalue weighted by Gasteiger charge is -2.14. The zero-order valence-corrected chi connectivity index (χ0v) is 16.4. The second-order valence-corrected chi connectivity index (χ2v) is 9.07. The van der Waals surface area contributed by atoms with Gasteiger partial charge >= 0.3 is 0 Å². The van der Waals surface area contributed by atoms with Gasteiger partial charge in [-0.1, -0.05) is 58.0 Å². The van der Waals surface area contributed by atoms with Gasteiger partial charge in [-0.25, -0.2) is 9.97 Å². The summed E-state index contributed by atoms with van der Waals surface area (Å²) in [5.74, 6) is 0.561. The Morgan fingerprint density at radius 3 is 2.42 bits per heavy atom. The average Bonchev–Trinajstić information content (AvgIpc) is 3.22. The maximum atomic E-state index is 4.81. The summed E-state index contributed by atoms with van der Waals surface area (Å²) in [4.78, 5) is 9.58. The molecule has 0 aliphatic heterocycles. The lowest BCUT2D eigenvalue weighted by molar-refractivity contribution is 0.573. The van der Waals surface area contributed by atoms with E-state index in [1.807, 2.05) is 0 Å². The highest BCUT2D eigenvalue weighted by molar-refractivity contribution is 7.14. The minimum absolute atomic E-state index is 0.0959. The van der Waals surface area contributed by atoms with Crippen molar-refractivity contribution in [1.82, 2.24) is 9.97 Å². The van der Waals surface area contributed by atoms with Crippen LogP contribution in [0.5, 0.6) is 0 Å². The van der Waals surface area contributed by atoms with Crippen molar-refractivity contribution in [2.24, 2.45) is 0 Å². The first-order chi connectivity index (χ1) is 11.4. The van der Waals surface area contributed by atoms with Gasteiger partial charge in [-0.2, -0.15) is 0 Å². The van der Waals surface area contributed by atoms with Gasteiger partial charge < -0.3 is 0 Å². The van der Waals surface area contributed by atoms with Crippen LogP contribution in [0, 0.1) is 0 Å². The summed E-state index contributed by atoms with van der Waals surface area (Å²) in [6.07, 6.45) is 2.15. The summed E-state index contributed by atoms with van der Waals surface area (Å²) in [5, 5.41) is 6.55. The molecule has 0 saturated heterocycles. The minimum Gasteiger partial charge on any atom is -0.239 e. The third-order valence-corrected chi connectivity index (χ3v) is 5.98. The molecule has 126 valence electrons. The van der Waals surface area contributed by atoms with Crippen molar-refractivity contribution in [1.29, 1.82) is 0 Å². The molecule has 0 amide bonds. The van der Waals surface area contributed by atoms with Gasteiger partial charge in [0, 0.05) is 16.2 Å². The molecular weight excluding hydrogens is 332 g/mol. The molecule has 3 rings (SSSR count). The molecule has 0 N–H and O–H groups in total. The molecule has 0 bridgehead atoms. The Balaban J connectivity index is 1.64. The molecule has 1 aromatic carbocycles. The third-order valence-electron chi connectivity index (χ3n) is 4.20. The summed E-state index contributed by atoms with van der Waals surface area (Å²) in [6.45, 7) is 8.89. The second-order valence-electron chi connectivity index (χ2n) is 7.26. The average molecular weight is 357 g/mol. The summed E-state index contributed by atoms with van der Waals surface area (Å²) in [5.41, 5.74) is 3.68. The molecule has 4 heteroatoms. The van der Waals surface area contributed by atoms with Crippen molar-refractivity contribution < 1.29 is 0 Å². The lowest BCUT2D eigenvalue weighted by atomic mass is 9.93. The Morgan fingerprint density at radius 2 is 1.75 bits per heavy atom. The molecule has 0 radical (unpaired) electrons. The van der Waals surface area contributed by atoms with Gasteiger partial charge in [0.25, 0.3) is 0 Å². The topological polar surface area (TPSA) is 25.8 Å². The first-order valence-corrected chi connectivity index (χ1v) is 10.1. The van der Waals surface area contributed by atoms with E-state index < -0.39 is 0 Å². The van der Waals surface area contributed by atoms with Crippen LogP contribution in [-0.2, 0) is 11.8 Å². The van der Waals surface area contributed by atoms with Crippen LogP contribution >= 0.6 is 22.7 Å². The van der Waals surface area contributed by atoms with Gasteiger partial charge in [0.2, 0.25) is 0 Å². The van der Waals surface area contributed by atoms with Crippen LogP contribution in [0.25, 0.3) is 10.7 Å². The van der Waals surface area contributed by atoms with Crippen molar-refractivity contribution >= 4 is 22.7 Å². The smallest absolute Gasteiger partial charge is 0.143 e. The fraction of sp³-hybridized carbons (Fsp3) is 0.400. The monoisotopic (exact) mass is 356 g/mol. The molecule has 0 saturated carbocycles. The van der Waals surface area contributed by atoms with E-state index in [0.717, 1.165) is 29.2 Å². The van der Waals surface area contributed by atoms with Crippen molar-refractivity contribution in [2.45, 2.75) is 51.9 Å². The minimum atomic E-state index is 0.0959. The first-order valence-electron chi connectivity index (χ1n) is 8.39. The number of rotatable bonds is 5. The van der Waals surface area contributed by atoms with Crippen molar-refractivity contribution in [2.75, 3.05) is 0 Å². The molecule has 3 aromatic rings. The summed E-state index contributed by atoms with van der Waals surface area (Å²) in [6, 6.07) is 10.7. The van der Waals surface area contributed by atoms with Crippen LogP contribution in [0.15, 0.2) is 41.1 Å². The van der Waals surface area contributed by atoms with Crippen LogP contribution in [0.2, 0.25) is 0 Å². The Bertz CT molecular complexity index is 781. The molecule has 0 aliphatic rings. The number of nitrogens with zero attached hydrogens (tertiary/aromatic N) is 2. The quantitative estimate of drug-likeness (QED) is 0.536. The number of aromatic nitrogens is 2. The van der Waals surface area contributed by atoms with E-state index in [-0.39, 0.29) is 5.41 Å². The van der Waals surface area contributed by atoms with Gasteiger partial charge in [0.1, 0.15) is 10.7 Å². The Morgan fingerprint density at radius 1 is 1.00 bits per heavy atom. The number of hydrogen-bond donors (Lipinski definition) is 0. The molecule has 0 spiro atoms. The van der Waals surface area contributed by atoms with Gasteiger partial charge in [-0.05, 0) is 24.3 Å². The highest BCUT2D eigenvalue weighted by atomic mass is 32.1. The van der Waals surface area contributed by atoms with E-state index in [0.29, 0.717) is 5.92 Å². The van der Waals surface area contributed by atoms with E-state index in [2.05, 4.69) is 68.8 Å². The van der Waals surface area contributed by atoms with E-state index in [9.17, 15) is 0 Å². The fourth-order valence-corrected chi connectivity index (χ4v) is 4.43. The Hall–Kier alpha value is -1.52. The van der Waals surface area contributed by atoms with E-state index >= 15 is 0 Å². The molecule has 0 fully saturated rings. The van der Waals surface area contributed by atoms with Gasteiger partial charge in [-0.15, -0.1) is 22.7 Å². The summed E-state index contributed by atoms with van der Waals surface area (Å²) in [7, 11) is 0. The molecule has 0 aliphatic carbocycles. The molecular formula is C20H24N2S2. The van der Waals surface area contributed by atoms with Crippen LogP contribution < -0.4 is 0 Å². The third kappa shape index (κ3) is 4.11. The second kappa shape index (κ2) is 7.16. The maximum absolute atomic E-state index is 4.81. The molecule has 24 heavy (non-hydrogen) atoms. The first kappa shape index (κ1) is 17.3. The Kier molecular flexibility index (Phi) is 5.16. The number of thiazole rings is 2. The van der Waals surface area contributed by atoms with E-state index in [4.69, 9.17) is 9.97 Å². The highest BCUT2D eigenvalue weighted by Crippen LogP contribution is 2.31. The predicted octanol–water partition coefficient (Wildman–Crippen LogP) is 6.30. The molecule has 1 unspecified atom stereocenters. The van der Waals surface area contributed by atoms with Crippen LogP contribution in [0.1, 0.15) is 56.3 Å². The molecule has 2 nitrogen and oxygen atoms in total. The fourth-order valence-electron chi connectivity index (χ4n) is 2.55. The lowest BCUT2D eigenvalue weighted by Crippen LogP contribution is -2.11. The van der Waals surface area contributed by atoms with E-state index in [1.54, 1.807) is 22.7 Å². The van der Waals surface area contributed by atoms with Gasteiger partial charge in [0.15, 0.2) is 0 Å². The zero-order valence-electron chi connectivity index (χ0n) is 14.7. The number of aryl methyl sites for hydroxylation is 1. The van der Waals surface area contributed by atoms with Crippen molar-refractivity contribution in [3.8, 4) is 10.7 Å². The van der Waals surface area contributed by atoms with Crippen LogP contribution in [0.4, 0.5) is 0 Å². The SMILES string of the molecule is CC(CCc1nc(-c2nc(C(C)(C)C)cs2)cs1)c1ccccc1. The van der Waals surface area contributed by atoms with Crippen LogP contribution in [0.3, 0.4) is 0 Å². The van der Waals surface area contributed by atoms with Gasteiger partial charge in [0.05, 0.1) is 10.7 Å². The summed E-state index contributed by atoms with van der Waals surface area (Å²) >= 11 is 3.45. The standard InChI is InChI=1S/C20H24N2S2/c1-14(15-8-6-5-7-9-15)10-11-18-21-16(12-23-18)19-22-17(13-24-19)20(2,3)4/h5-9,12-14H,10-11H2,1-4H3. The normalized spacial score (nSPS) is 13.2. The molecule has 1 atom stereocenters. The maximum Gasteiger partial charge on any atom is 0.143 e. The van der Waals surface area contributed by atoms with E-state index in [1.165, 1.54) is 10.6 Å². The van der Waals surface area contributed by atoms with Crippen molar-refractivity contribution in [3.63, 3.8) is 0 Å². The Labute approximate surface area is 152 Å². The van der Waals surface area contributed by atoms with Gasteiger partial charge in [-0.3, -0.25) is 0 Å². The number of benzene rings is 1. The molecule has 2 heterocycles. The zero-order chi connectivity index (χ0) is 17.2. The summed E-state index contributed by atoms with van der Waals surface area (Å²) < 4.78 is 0. The number of hydrogen-bond acceptors (Lipinski definition) is 4. The van der Waals surface area contributed by atoms with Crippen molar-refractivity contribution in [3.05, 3.63) is 57.4 Å². The largest absolute Gasteiger partial charge is 0.239 e. The highest BCUT2D eigenvalue weighted by Gasteiger charge is 2.19. The predicted molar refractivity (Wildman–Crippen MR) is 105 cm³/mol. The molecule has 2 aromatic heterocycles.